The van der Waals surface area contributed by atoms with E-state index in [-0.39, 0.29) is 12.8 Å². The fourth-order valence-electron chi connectivity index (χ4n) is 0.837. The highest BCUT2D eigenvalue weighted by Gasteiger charge is 2.16. The SMILES string of the molecule is CCOP(C)(=O)CCOC(=O)CC(=O)O. The van der Waals surface area contributed by atoms with Gasteiger partial charge in [0.2, 0.25) is 7.37 Å². The summed E-state index contributed by atoms with van der Waals surface area (Å²) in [7, 11) is -2.71. The van der Waals surface area contributed by atoms with Crippen LogP contribution in [0.3, 0.4) is 0 Å². The summed E-state index contributed by atoms with van der Waals surface area (Å²) < 4.78 is 21.0. The molecular weight excluding hydrogens is 223 g/mol. The molecule has 0 aromatic rings. The Morgan fingerprint density at radius 2 is 2.00 bits per heavy atom. The van der Waals surface area contributed by atoms with Crippen LogP contribution >= 0.6 is 7.37 Å². The van der Waals surface area contributed by atoms with Crippen molar-refractivity contribution >= 4 is 19.3 Å². The minimum absolute atomic E-state index is 0.0834. The summed E-state index contributed by atoms with van der Waals surface area (Å²) in [5.74, 6) is -2.08. The Morgan fingerprint density at radius 3 is 2.47 bits per heavy atom. The number of aliphatic carboxylic acids is 1. The number of carbonyl (C=O) groups is 2. The number of carbonyl (C=O) groups excluding carboxylic acids is 1. The van der Waals surface area contributed by atoms with Crippen molar-refractivity contribution in [2.24, 2.45) is 0 Å². The monoisotopic (exact) mass is 238 g/mol. The number of ether oxygens (including phenoxy) is 1. The lowest BCUT2D eigenvalue weighted by molar-refractivity contribution is -0.150. The van der Waals surface area contributed by atoms with E-state index in [1.165, 1.54) is 6.66 Å². The molecule has 0 heterocycles. The van der Waals surface area contributed by atoms with Gasteiger partial charge in [-0.25, -0.2) is 0 Å². The predicted octanol–water partition coefficient (Wildman–Crippen LogP) is 0.949. The molecule has 0 aliphatic heterocycles. The van der Waals surface area contributed by atoms with Crippen LogP contribution in [0.25, 0.3) is 0 Å². The number of carboxylic acid groups (broad SMARTS) is 1. The van der Waals surface area contributed by atoms with Crippen molar-refractivity contribution in [3.63, 3.8) is 0 Å². The molecule has 0 aliphatic carbocycles. The number of rotatable bonds is 7. The van der Waals surface area contributed by atoms with E-state index < -0.39 is 25.7 Å². The second-order valence-electron chi connectivity index (χ2n) is 2.95. The normalized spacial score (nSPS) is 14.3. The van der Waals surface area contributed by atoms with Crippen molar-refractivity contribution in [3.8, 4) is 0 Å². The third-order valence-corrected chi connectivity index (χ3v) is 3.26. The Labute approximate surface area is 88.0 Å². The maximum Gasteiger partial charge on any atom is 0.317 e. The van der Waals surface area contributed by atoms with Gasteiger partial charge < -0.3 is 14.4 Å². The summed E-state index contributed by atoms with van der Waals surface area (Å²) in [4.78, 5) is 20.9. The lowest BCUT2D eigenvalue weighted by Crippen LogP contribution is -2.13. The highest BCUT2D eigenvalue weighted by atomic mass is 31.2. The van der Waals surface area contributed by atoms with Crippen molar-refractivity contribution < 1.29 is 28.5 Å². The molecule has 0 aromatic heterocycles. The summed E-state index contributed by atoms with van der Waals surface area (Å²) in [5, 5.41) is 8.25. The molecule has 7 heteroatoms. The molecule has 0 amide bonds. The average Bonchev–Trinajstić information content (AvgIpc) is 2.01. The molecule has 1 unspecified atom stereocenters. The van der Waals surface area contributed by atoms with Gasteiger partial charge in [-0.2, -0.15) is 0 Å². The molecule has 0 saturated heterocycles. The van der Waals surface area contributed by atoms with Gasteiger partial charge in [0, 0.05) is 6.66 Å². The lowest BCUT2D eigenvalue weighted by Gasteiger charge is -2.11. The Bertz CT molecular complexity index is 274. The van der Waals surface area contributed by atoms with Gasteiger partial charge in [0.15, 0.2) is 0 Å². The highest BCUT2D eigenvalue weighted by Crippen LogP contribution is 2.41. The fourth-order valence-corrected chi connectivity index (χ4v) is 1.94. The standard InChI is InChI=1S/C8H15O6P/c1-3-14-15(2,12)5-4-13-8(11)6-7(9)10/h3-6H2,1-2H3,(H,9,10). The van der Waals surface area contributed by atoms with E-state index in [2.05, 4.69) is 4.74 Å². The van der Waals surface area contributed by atoms with Crippen molar-refractivity contribution in [2.45, 2.75) is 13.3 Å². The molecule has 0 radical (unpaired) electrons. The van der Waals surface area contributed by atoms with Crippen LogP contribution in [0.1, 0.15) is 13.3 Å². The number of esters is 1. The minimum atomic E-state index is -2.71. The quantitative estimate of drug-likeness (QED) is 0.403. The number of carboxylic acids is 1. The van der Waals surface area contributed by atoms with Crippen LogP contribution in [-0.2, 0) is 23.4 Å². The second kappa shape index (κ2) is 6.58. The Morgan fingerprint density at radius 1 is 1.40 bits per heavy atom. The molecule has 88 valence electrons. The molecule has 1 atom stereocenters. The van der Waals surface area contributed by atoms with Crippen molar-refractivity contribution in [3.05, 3.63) is 0 Å². The van der Waals surface area contributed by atoms with Crippen LogP contribution in [0.5, 0.6) is 0 Å². The largest absolute Gasteiger partial charge is 0.481 e. The first-order valence-electron chi connectivity index (χ1n) is 4.46. The third-order valence-electron chi connectivity index (χ3n) is 1.46. The van der Waals surface area contributed by atoms with E-state index in [9.17, 15) is 14.2 Å². The van der Waals surface area contributed by atoms with Crippen LogP contribution in [0.2, 0.25) is 0 Å². The number of hydrogen-bond donors (Lipinski definition) is 1. The van der Waals surface area contributed by atoms with Gasteiger partial charge in [-0.3, -0.25) is 14.2 Å². The second-order valence-corrected chi connectivity index (χ2v) is 5.68. The Kier molecular flexibility index (Phi) is 6.20. The van der Waals surface area contributed by atoms with Crippen LogP contribution in [-0.4, -0.2) is 43.1 Å². The zero-order valence-corrected chi connectivity index (χ0v) is 9.66. The van der Waals surface area contributed by atoms with Gasteiger partial charge in [-0.1, -0.05) is 0 Å². The molecule has 6 nitrogen and oxygen atoms in total. The van der Waals surface area contributed by atoms with Gasteiger partial charge in [-0.05, 0) is 6.92 Å². The minimum Gasteiger partial charge on any atom is -0.481 e. The maximum absolute atomic E-state index is 11.5. The van der Waals surface area contributed by atoms with Crippen LogP contribution in [0.15, 0.2) is 0 Å². The first kappa shape index (κ1) is 14.1. The smallest absolute Gasteiger partial charge is 0.317 e. The molecule has 0 spiro atoms. The topological polar surface area (TPSA) is 89.9 Å². The fraction of sp³-hybridized carbons (Fsp3) is 0.750. The zero-order chi connectivity index (χ0) is 11.9. The Hall–Kier alpha value is -0.870. The van der Waals surface area contributed by atoms with E-state index in [1.54, 1.807) is 6.92 Å². The summed E-state index contributed by atoms with van der Waals surface area (Å²) >= 11 is 0. The highest BCUT2D eigenvalue weighted by molar-refractivity contribution is 7.58. The van der Waals surface area contributed by atoms with Crippen molar-refractivity contribution in [1.82, 2.24) is 0 Å². The zero-order valence-electron chi connectivity index (χ0n) is 8.76. The van der Waals surface area contributed by atoms with Crippen LogP contribution in [0.4, 0.5) is 0 Å². The van der Waals surface area contributed by atoms with Gasteiger partial charge in [0.05, 0.1) is 12.8 Å². The van der Waals surface area contributed by atoms with E-state index >= 15 is 0 Å². The van der Waals surface area contributed by atoms with E-state index in [4.69, 9.17) is 9.63 Å². The maximum atomic E-state index is 11.5. The molecular formula is C8H15O6P. The van der Waals surface area contributed by atoms with Gasteiger partial charge >= 0.3 is 11.9 Å². The molecule has 0 fully saturated rings. The predicted molar refractivity (Wildman–Crippen MR) is 53.2 cm³/mol. The van der Waals surface area contributed by atoms with E-state index in [0.29, 0.717) is 6.61 Å². The molecule has 0 aliphatic rings. The van der Waals surface area contributed by atoms with E-state index in [0.717, 1.165) is 0 Å². The molecule has 0 rings (SSSR count). The first-order chi connectivity index (χ1) is 6.87. The van der Waals surface area contributed by atoms with E-state index in [1.807, 2.05) is 0 Å². The Balaban J connectivity index is 3.74. The number of hydrogen-bond acceptors (Lipinski definition) is 5. The van der Waals surface area contributed by atoms with Crippen molar-refractivity contribution in [1.29, 1.82) is 0 Å². The van der Waals surface area contributed by atoms with Crippen LogP contribution < -0.4 is 0 Å². The average molecular weight is 238 g/mol. The van der Waals surface area contributed by atoms with Gasteiger partial charge in [-0.15, -0.1) is 0 Å². The summed E-state index contributed by atoms with van der Waals surface area (Å²) in [5.41, 5.74) is 0. The molecule has 0 saturated carbocycles. The summed E-state index contributed by atoms with van der Waals surface area (Å²) in [6.45, 7) is 3.41. The van der Waals surface area contributed by atoms with Crippen LogP contribution in [0, 0.1) is 0 Å². The third kappa shape index (κ3) is 8.15. The lowest BCUT2D eigenvalue weighted by atomic mass is 10.4. The first-order valence-corrected chi connectivity index (χ1v) is 6.71. The van der Waals surface area contributed by atoms with Gasteiger partial charge in [0.25, 0.3) is 0 Å². The van der Waals surface area contributed by atoms with Gasteiger partial charge in [0.1, 0.15) is 13.0 Å². The summed E-state index contributed by atoms with van der Waals surface area (Å²) in [6, 6.07) is 0. The summed E-state index contributed by atoms with van der Waals surface area (Å²) in [6.07, 6.45) is -0.575. The molecule has 0 bridgehead atoms. The molecule has 15 heavy (non-hydrogen) atoms. The molecule has 1 N–H and O–H groups in total. The van der Waals surface area contributed by atoms with Crippen molar-refractivity contribution in [2.75, 3.05) is 26.0 Å². The molecule has 0 aromatic carbocycles.